The molecular formula is C9H11FO3S. The Kier molecular flexibility index (Phi) is 2.71. The Morgan fingerprint density at radius 1 is 1.43 bits per heavy atom. The second kappa shape index (κ2) is 4.52. The van der Waals surface area contributed by atoms with Gasteiger partial charge in [-0.25, -0.2) is 4.39 Å². The molecule has 0 unspecified atom stereocenters. The number of benzene rings is 1. The van der Waals surface area contributed by atoms with Crippen LogP contribution in [0.2, 0.25) is 0 Å². The molecule has 0 atom stereocenters. The van der Waals surface area contributed by atoms with Crippen LogP contribution in [0.25, 0.3) is 0 Å². The van der Waals surface area contributed by atoms with Crippen molar-refractivity contribution in [2.24, 2.45) is 0 Å². The van der Waals surface area contributed by atoms with Crippen LogP contribution >= 0.6 is 0 Å². The SMILES string of the molecule is [2H]C([2H])(CF)OS(=O)(=O)c1ccc(C)cc1. The molecule has 1 aromatic carbocycles. The molecule has 0 N–H and O–H groups in total. The summed E-state index contributed by atoms with van der Waals surface area (Å²) in [7, 11) is -4.26. The average Bonchev–Trinajstić information content (AvgIpc) is 2.17. The van der Waals surface area contributed by atoms with Gasteiger partial charge in [-0.1, -0.05) is 17.7 Å². The van der Waals surface area contributed by atoms with E-state index in [1.54, 1.807) is 19.1 Å². The van der Waals surface area contributed by atoms with Crippen LogP contribution < -0.4 is 0 Å². The summed E-state index contributed by atoms with van der Waals surface area (Å²) in [6.45, 7) is -2.58. The van der Waals surface area contributed by atoms with Crippen molar-refractivity contribution in [2.45, 2.75) is 11.8 Å². The van der Waals surface area contributed by atoms with Crippen molar-refractivity contribution in [1.82, 2.24) is 0 Å². The van der Waals surface area contributed by atoms with Gasteiger partial charge in [0.2, 0.25) is 0 Å². The van der Waals surface area contributed by atoms with Crippen molar-refractivity contribution in [2.75, 3.05) is 13.2 Å². The van der Waals surface area contributed by atoms with Crippen molar-refractivity contribution >= 4 is 10.1 Å². The van der Waals surface area contributed by atoms with Gasteiger partial charge in [0.25, 0.3) is 10.1 Å². The number of halogens is 1. The second-order valence-corrected chi connectivity index (χ2v) is 4.17. The van der Waals surface area contributed by atoms with Gasteiger partial charge in [0.1, 0.15) is 6.67 Å². The third-order valence-electron chi connectivity index (χ3n) is 1.53. The lowest BCUT2D eigenvalue weighted by atomic mass is 10.2. The van der Waals surface area contributed by atoms with Crippen LogP contribution in [0, 0.1) is 6.92 Å². The summed E-state index contributed by atoms with van der Waals surface area (Å²) in [5.74, 6) is 0. The Bertz CT molecular complexity index is 456. The zero-order valence-electron chi connectivity index (χ0n) is 9.53. The van der Waals surface area contributed by atoms with Crippen LogP contribution in [0.1, 0.15) is 8.30 Å². The van der Waals surface area contributed by atoms with Gasteiger partial charge in [-0.15, -0.1) is 0 Å². The minimum absolute atomic E-state index is 0.199. The van der Waals surface area contributed by atoms with Gasteiger partial charge in [0.15, 0.2) is 0 Å². The molecule has 0 aliphatic rings. The monoisotopic (exact) mass is 220 g/mol. The average molecular weight is 220 g/mol. The predicted molar refractivity (Wildman–Crippen MR) is 50.3 cm³/mol. The summed E-state index contributed by atoms with van der Waals surface area (Å²) < 4.78 is 53.1. The van der Waals surface area contributed by atoms with E-state index in [2.05, 4.69) is 4.18 Å². The standard InChI is InChI=1S/C9H11FO3S/c1-8-2-4-9(5-3-8)14(11,12)13-7-6-10/h2-5H,6-7H2,1H3/i7D2. The Labute approximate surface area is 85.4 Å². The fourth-order valence-electron chi connectivity index (χ4n) is 0.853. The van der Waals surface area contributed by atoms with E-state index < -0.39 is 23.4 Å². The number of alkyl halides is 1. The van der Waals surface area contributed by atoms with E-state index in [4.69, 9.17) is 2.74 Å². The quantitative estimate of drug-likeness (QED) is 0.725. The van der Waals surface area contributed by atoms with Gasteiger partial charge in [0, 0.05) is 0 Å². The molecule has 0 aromatic heterocycles. The van der Waals surface area contributed by atoms with Gasteiger partial charge in [-0.05, 0) is 19.1 Å². The van der Waals surface area contributed by atoms with Crippen LogP contribution in [0.5, 0.6) is 0 Å². The molecule has 0 aliphatic heterocycles. The van der Waals surface area contributed by atoms with Gasteiger partial charge in [-0.3, -0.25) is 4.18 Å². The molecule has 1 rings (SSSR count). The molecule has 0 spiro atoms. The minimum atomic E-state index is -4.26. The molecule has 0 saturated heterocycles. The number of hydrogen-bond acceptors (Lipinski definition) is 3. The summed E-state index contributed by atoms with van der Waals surface area (Å²) >= 11 is 0. The summed E-state index contributed by atoms with van der Waals surface area (Å²) in [6.07, 6.45) is 0. The third-order valence-corrected chi connectivity index (χ3v) is 2.72. The van der Waals surface area contributed by atoms with Crippen molar-refractivity contribution in [3.63, 3.8) is 0 Å². The van der Waals surface area contributed by atoms with Gasteiger partial charge < -0.3 is 0 Å². The number of aryl methyl sites for hydroxylation is 1. The Morgan fingerprint density at radius 3 is 2.50 bits per heavy atom. The van der Waals surface area contributed by atoms with Crippen LogP contribution in [0.4, 0.5) is 4.39 Å². The molecule has 0 bridgehead atoms. The summed E-state index contributed by atoms with van der Waals surface area (Å²) in [5, 5.41) is 0. The van der Waals surface area contributed by atoms with E-state index >= 15 is 0 Å². The van der Waals surface area contributed by atoms with Gasteiger partial charge in [0.05, 0.1) is 14.2 Å². The first kappa shape index (κ1) is 8.38. The molecule has 78 valence electrons. The van der Waals surface area contributed by atoms with E-state index in [9.17, 15) is 12.8 Å². The maximum Gasteiger partial charge on any atom is 0.297 e. The highest BCUT2D eigenvalue weighted by Gasteiger charge is 2.13. The third kappa shape index (κ3) is 2.78. The summed E-state index contributed by atoms with van der Waals surface area (Å²) in [4.78, 5) is -0.199. The first-order valence-corrected chi connectivity index (χ1v) is 5.26. The molecule has 3 nitrogen and oxygen atoms in total. The predicted octanol–water partition coefficient (Wildman–Crippen LogP) is 1.67. The normalized spacial score (nSPS) is 14.7. The zero-order valence-corrected chi connectivity index (χ0v) is 8.34. The lowest BCUT2D eigenvalue weighted by Gasteiger charge is -2.03. The highest BCUT2D eigenvalue weighted by molar-refractivity contribution is 7.86. The largest absolute Gasteiger partial charge is 0.297 e. The zero-order chi connectivity index (χ0) is 12.4. The smallest absolute Gasteiger partial charge is 0.264 e. The molecule has 1 aromatic rings. The van der Waals surface area contributed by atoms with Crippen molar-refractivity contribution in [3.05, 3.63) is 29.8 Å². The summed E-state index contributed by atoms with van der Waals surface area (Å²) in [6, 6.07) is 5.64. The molecule has 0 saturated carbocycles. The van der Waals surface area contributed by atoms with Crippen LogP contribution in [0.3, 0.4) is 0 Å². The Morgan fingerprint density at radius 2 is 2.00 bits per heavy atom. The second-order valence-electron chi connectivity index (χ2n) is 2.63. The number of hydrogen-bond donors (Lipinski definition) is 0. The van der Waals surface area contributed by atoms with E-state index in [0.717, 1.165) is 5.56 Å². The first-order valence-electron chi connectivity index (χ1n) is 4.85. The van der Waals surface area contributed by atoms with Crippen LogP contribution in [-0.4, -0.2) is 21.7 Å². The summed E-state index contributed by atoms with van der Waals surface area (Å²) in [5.41, 5.74) is 0.854. The molecule has 0 fully saturated rings. The fraction of sp³-hybridized carbons (Fsp3) is 0.333. The minimum Gasteiger partial charge on any atom is -0.264 e. The maximum absolute atomic E-state index is 12.1. The van der Waals surface area contributed by atoms with Gasteiger partial charge >= 0.3 is 0 Å². The molecule has 0 radical (unpaired) electrons. The van der Waals surface area contributed by atoms with E-state index in [1.807, 2.05) is 0 Å². The topological polar surface area (TPSA) is 43.4 Å². The Balaban J connectivity index is 2.99. The number of rotatable bonds is 4. The lowest BCUT2D eigenvalue weighted by molar-refractivity contribution is 0.277. The molecule has 0 heterocycles. The highest BCUT2D eigenvalue weighted by Crippen LogP contribution is 2.12. The first-order chi connectivity index (χ1) is 7.27. The molecule has 0 aliphatic carbocycles. The van der Waals surface area contributed by atoms with Crippen molar-refractivity contribution in [3.8, 4) is 0 Å². The van der Waals surface area contributed by atoms with Crippen molar-refractivity contribution < 1.29 is 19.7 Å². The highest BCUT2D eigenvalue weighted by atomic mass is 32.2. The molecule has 0 amide bonds. The fourth-order valence-corrected chi connectivity index (χ4v) is 1.62. The van der Waals surface area contributed by atoms with E-state index in [0.29, 0.717) is 0 Å². The lowest BCUT2D eigenvalue weighted by Crippen LogP contribution is -2.08. The van der Waals surface area contributed by atoms with Crippen LogP contribution in [-0.2, 0) is 14.3 Å². The van der Waals surface area contributed by atoms with E-state index in [-0.39, 0.29) is 4.90 Å². The van der Waals surface area contributed by atoms with Crippen LogP contribution in [0.15, 0.2) is 29.2 Å². The van der Waals surface area contributed by atoms with E-state index in [1.165, 1.54) is 12.1 Å². The molecule has 5 heteroatoms. The maximum atomic E-state index is 12.1. The molecular weight excluding hydrogens is 207 g/mol. The van der Waals surface area contributed by atoms with Gasteiger partial charge in [-0.2, -0.15) is 8.42 Å². The van der Waals surface area contributed by atoms with Crippen molar-refractivity contribution in [1.29, 1.82) is 0 Å². The Hall–Kier alpha value is -0.940. The molecule has 14 heavy (non-hydrogen) atoms.